The van der Waals surface area contributed by atoms with Crippen LogP contribution in [0.3, 0.4) is 0 Å². The van der Waals surface area contributed by atoms with Crippen LogP contribution < -0.4 is 11.1 Å². The summed E-state index contributed by atoms with van der Waals surface area (Å²) < 4.78 is 13.3. The molecule has 0 saturated heterocycles. The first kappa shape index (κ1) is 20.4. The number of carbonyl (C=O) groups is 1. The van der Waals surface area contributed by atoms with Gasteiger partial charge in [0.1, 0.15) is 5.82 Å². The van der Waals surface area contributed by atoms with Crippen molar-refractivity contribution in [3.05, 3.63) is 70.0 Å². The lowest BCUT2D eigenvalue weighted by Crippen LogP contribution is -2.36. The number of nitrogens with two attached hydrogens (primary N) is 1. The first-order valence-electron chi connectivity index (χ1n) is 7.44. The summed E-state index contributed by atoms with van der Waals surface area (Å²) in [4.78, 5) is 12.3. The molecule has 0 saturated carbocycles. The molecule has 2 rings (SSSR count). The summed E-state index contributed by atoms with van der Waals surface area (Å²) in [5.74, 6) is -0.899. The Balaban J connectivity index is 0.00000288. The van der Waals surface area contributed by atoms with Gasteiger partial charge in [-0.3, -0.25) is 4.79 Å². The van der Waals surface area contributed by atoms with Crippen molar-refractivity contribution in [3.8, 4) is 0 Å². The molecular weight excluding hydrogens is 350 g/mol. The Hall–Kier alpha value is -1.62. The van der Waals surface area contributed by atoms with Crippen molar-refractivity contribution in [1.29, 1.82) is 0 Å². The number of amides is 1. The van der Waals surface area contributed by atoms with Crippen LogP contribution in [0.2, 0.25) is 5.02 Å². The first-order chi connectivity index (χ1) is 10.9. The van der Waals surface area contributed by atoms with Gasteiger partial charge in [-0.15, -0.1) is 12.4 Å². The van der Waals surface area contributed by atoms with E-state index in [4.69, 9.17) is 17.3 Å². The van der Waals surface area contributed by atoms with Crippen molar-refractivity contribution in [2.24, 2.45) is 11.7 Å². The monoisotopic (exact) mass is 370 g/mol. The maximum atomic E-state index is 13.3. The van der Waals surface area contributed by atoms with Crippen molar-refractivity contribution in [2.45, 2.75) is 19.9 Å². The number of hydrogen-bond acceptors (Lipinski definition) is 2. The van der Waals surface area contributed by atoms with E-state index in [1.165, 1.54) is 12.1 Å². The number of carbonyl (C=O) groups excluding carboxylic acids is 1. The van der Waals surface area contributed by atoms with Crippen molar-refractivity contribution < 1.29 is 9.18 Å². The summed E-state index contributed by atoms with van der Waals surface area (Å²) in [7, 11) is 0. The molecule has 0 aliphatic carbocycles. The van der Waals surface area contributed by atoms with E-state index in [0.717, 1.165) is 11.1 Å². The third-order valence-corrected chi connectivity index (χ3v) is 4.10. The number of aryl methyl sites for hydroxylation is 1. The third kappa shape index (κ3) is 4.94. The second-order valence-electron chi connectivity index (χ2n) is 5.65. The van der Waals surface area contributed by atoms with E-state index in [1.807, 2.05) is 31.2 Å². The van der Waals surface area contributed by atoms with Gasteiger partial charge in [0.2, 0.25) is 5.91 Å². The standard InChI is InChI=1S/C18H20ClFN2O.ClH/c1-11-3-5-13(6-4-11)17(22-18(23)12(2)10-21)15-8-7-14(20)9-16(15)19;/h3-9,12,17H,10,21H2,1-2H3,(H,22,23);1H. The van der Waals surface area contributed by atoms with Gasteiger partial charge in [-0.05, 0) is 30.2 Å². The smallest absolute Gasteiger partial charge is 0.224 e. The molecule has 0 aliphatic rings. The lowest BCUT2D eigenvalue weighted by Gasteiger charge is -2.23. The molecule has 0 radical (unpaired) electrons. The van der Waals surface area contributed by atoms with Crippen LogP contribution in [0.25, 0.3) is 0 Å². The highest BCUT2D eigenvalue weighted by Crippen LogP contribution is 2.29. The van der Waals surface area contributed by atoms with E-state index in [2.05, 4.69) is 5.32 Å². The molecule has 130 valence electrons. The van der Waals surface area contributed by atoms with Gasteiger partial charge in [-0.25, -0.2) is 4.39 Å². The van der Waals surface area contributed by atoms with Gasteiger partial charge in [0.25, 0.3) is 0 Å². The van der Waals surface area contributed by atoms with Crippen molar-refractivity contribution in [1.82, 2.24) is 5.32 Å². The molecule has 0 bridgehead atoms. The Morgan fingerprint density at radius 2 is 1.88 bits per heavy atom. The van der Waals surface area contributed by atoms with E-state index < -0.39 is 11.9 Å². The predicted octanol–water partition coefficient (Wildman–Crippen LogP) is 4.01. The van der Waals surface area contributed by atoms with Gasteiger partial charge >= 0.3 is 0 Å². The molecule has 0 fully saturated rings. The Kier molecular flexibility index (Phi) is 7.67. The molecule has 3 nitrogen and oxygen atoms in total. The van der Waals surface area contributed by atoms with E-state index >= 15 is 0 Å². The summed E-state index contributed by atoms with van der Waals surface area (Å²) >= 11 is 6.19. The SMILES string of the molecule is Cc1ccc(C(NC(=O)C(C)CN)c2ccc(F)cc2Cl)cc1.Cl. The number of nitrogens with one attached hydrogen (secondary N) is 1. The minimum atomic E-state index is -0.454. The van der Waals surface area contributed by atoms with Crippen LogP contribution in [0.5, 0.6) is 0 Å². The molecule has 0 spiro atoms. The van der Waals surface area contributed by atoms with Crippen LogP contribution in [-0.4, -0.2) is 12.5 Å². The molecule has 6 heteroatoms. The topological polar surface area (TPSA) is 55.1 Å². The summed E-state index contributed by atoms with van der Waals surface area (Å²) in [6.07, 6.45) is 0. The normalized spacial score (nSPS) is 12.9. The Labute approximate surface area is 152 Å². The Morgan fingerprint density at radius 1 is 1.25 bits per heavy atom. The first-order valence-corrected chi connectivity index (χ1v) is 7.82. The van der Waals surface area contributed by atoms with E-state index in [1.54, 1.807) is 13.0 Å². The number of hydrogen-bond donors (Lipinski definition) is 2. The second-order valence-corrected chi connectivity index (χ2v) is 6.06. The third-order valence-electron chi connectivity index (χ3n) is 3.77. The Morgan fingerprint density at radius 3 is 2.42 bits per heavy atom. The maximum absolute atomic E-state index is 13.3. The average Bonchev–Trinajstić information content (AvgIpc) is 2.53. The van der Waals surface area contributed by atoms with Gasteiger partial charge in [-0.1, -0.05) is 54.4 Å². The van der Waals surface area contributed by atoms with Crippen molar-refractivity contribution in [3.63, 3.8) is 0 Å². The summed E-state index contributed by atoms with van der Waals surface area (Å²) in [6, 6.07) is 11.5. The molecule has 0 heterocycles. The van der Waals surface area contributed by atoms with Gasteiger partial charge in [0.15, 0.2) is 0 Å². The lowest BCUT2D eigenvalue weighted by atomic mass is 9.96. The highest BCUT2D eigenvalue weighted by atomic mass is 35.5. The predicted molar refractivity (Wildman–Crippen MR) is 98.0 cm³/mol. The molecular formula is C18H21Cl2FN2O. The van der Waals surface area contributed by atoms with Gasteiger partial charge in [0, 0.05) is 17.5 Å². The fraction of sp³-hybridized carbons (Fsp3) is 0.278. The average molecular weight is 371 g/mol. The minimum absolute atomic E-state index is 0. The molecule has 24 heavy (non-hydrogen) atoms. The summed E-state index contributed by atoms with van der Waals surface area (Å²) in [5.41, 5.74) is 8.19. The second kappa shape index (κ2) is 9.02. The fourth-order valence-electron chi connectivity index (χ4n) is 2.23. The molecule has 3 N–H and O–H groups in total. The number of benzene rings is 2. The lowest BCUT2D eigenvalue weighted by molar-refractivity contribution is -0.124. The maximum Gasteiger partial charge on any atom is 0.224 e. The summed E-state index contributed by atoms with van der Waals surface area (Å²) in [5, 5.41) is 3.23. The van der Waals surface area contributed by atoms with Gasteiger partial charge in [0.05, 0.1) is 6.04 Å². The number of halogens is 3. The highest BCUT2D eigenvalue weighted by molar-refractivity contribution is 6.31. The molecule has 0 aliphatic heterocycles. The molecule has 0 aromatic heterocycles. The van der Waals surface area contributed by atoms with Crippen LogP contribution >= 0.6 is 24.0 Å². The molecule has 2 atom stereocenters. The van der Waals surface area contributed by atoms with Crippen LogP contribution in [-0.2, 0) is 4.79 Å². The van der Waals surface area contributed by atoms with Crippen molar-refractivity contribution in [2.75, 3.05) is 6.54 Å². The summed E-state index contributed by atoms with van der Waals surface area (Å²) in [6.45, 7) is 4.00. The van der Waals surface area contributed by atoms with Crippen LogP contribution in [0.1, 0.15) is 29.7 Å². The quantitative estimate of drug-likeness (QED) is 0.835. The Bertz CT molecular complexity index is 692. The molecule has 2 unspecified atom stereocenters. The molecule has 2 aromatic rings. The zero-order chi connectivity index (χ0) is 17.0. The fourth-order valence-corrected chi connectivity index (χ4v) is 2.50. The van der Waals surface area contributed by atoms with Crippen LogP contribution in [0.4, 0.5) is 4.39 Å². The van der Waals surface area contributed by atoms with Crippen LogP contribution in [0.15, 0.2) is 42.5 Å². The van der Waals surface area contributed by atoms with Gasteiger partial charge in [-0.2, -0.15) is 0 Å². The largest absolute Gasteiger partial charge is 0.345 e. The van der Waals surface area contributed by atoms with E-state index in [9.17, 15) is 9.18 Å². The van der Waals surface area contributed by atoms with Gasteiger partial charge < -0.3 is 11.1 Å². The molecule has 2 aromatic carbocycles. The highest BCUT2D eigenvalue weighted by Gasteiger charge is 2.22. The van der Waals surface area contributed by atoms with Crippen molar-refractivity contribution >= 4 is 29.9 Å². The zero-order valence-electron chi connectivity index (χ0n) is 13.6. The zero-order valence-corrected chi connectivity index (χ0v) is 15.1. The number of rotatable bonds is 5. The minimum Gasteiger partial charge on any atom is -0.345 e. The van der Waals surface area contributed by atoms with E-state index in [0.29, 0.717) is 5.56 Å². The van der Waals surface area contributed by atoms with E-state index in [-0.39, 0.29) is 35.8 Å². The van der Waals surface area contributed by atoms with Crippen LogP contribution in [0, 0.1) is 18.7 Å². The molecule has 1 amide bonds.